The molecule has 1 aliphatic rings. The van der Waals surface area contributed by atoms with E-state index in [2.05, 4.69) is 286 Å². The Labute approximate surface area is 419 Å². The summed E-state index contributed by atoms with van der Waals surface area (Å²) in [6.07, 6.45) is 0. The summed E-state index contributed by atoms with van der Waals surface area (Å²) >= 11 is 3.68. The average Bonchev–Trinajstić information content (AvgIpc) is 3.63. The summed E-state index contributed by atoms with van der Waals surface area (Å²) in [5, 5.41) is 15.4. The molecule has 0 spiro atoms. The highest BCUT2D eigenvalue weighted by Crippen LogP contribution is 2.39. The predicted molar refractivity (Wildman–Crippen MR) is 304 cm³/mol. The Bertz CT molecular complexity index is 3720. The lowest BCUT2D eigenvalue weighted by Gasteiger charge is -2.32. The zero-order valence-electron chi connectivity index (χ0n) is 39.9. The first-order valence-electron chi connectivity index (χ1n) is 24.1. The molecule has 2 nitrogen and oxygen atoms in total. The van der Waals surface area contributed by atoms with Crippen LogP contribution < -0.4 is 5.46 Å². The van der Waals surface area contributed by atoms with E-state index in [9.17, 15) is 0 Å². The fourth-order valence-electron chi connectivity index (χ4n) is 9.85. The number of rotatable bonds is 4. The molecule has 0 unspecified atom stereocenters. The molecule has 4 heteroatoms. The Morgan fingerprint density at radius 3 is 1.06 bits per heavy atom. The number of benzene rings is 12. The molecule has 0 saturated carbocycles. The Morgan fingerprint density at radius 2 is 0.629 bits per heavy atom. The third-order valence-electron chi connectivity index (χ3n) is 14.3. The second-order valence-corrected chi connectivity index (χ2v) is 20.0. The molecule has 1 fully saturated rings. The lowest BCUT2D eigenvalue weighted by molar-refractivity contribution is 0.00578. The Kier molecular flexibility index (Phi) is 12.2. The molecule has 338 valence electrons. The van der Waals surface area contributed by atoms with Crippen molar-refractivity contribution >= 4 is 93.1 Å². The van der Waals surface area contributed by atoms with Crippen LogP contribution in [0.15, 0.2) is 247 Å². The Hall–Kier alpha value is -7.34. The summed E-state index contributed by atoms with van der Waals surface area (Å²) in [5.74, 6) is 0. The molecule has 70 heavy (non-hydrogen) atoms. The van der Waals surface area contributed by atoms with Crippen LogP contribution in [0.3, 0.4) is 0 Å². The van der Waals surface area contributed by atoms with Crippen molar-refractivity contribution in [1.82, 2.24) is 0 Å². The van der Waals surface area contributed by atoms with Gasteiger partial charge in [0.25, 0.3) is 0 Å². The van der Waals surface area contributed by atoms with Gasteiger partial charge in [0.15, 0.2) is 0 Å². The normalized spacial score (nSPS) is 13.9. The molecule has 0 aromatic heterocycles. The molecule has 0 radical (unpaired) electrons. The SMILES string of the molecule is Brc1c2ccccc2cc2ccccc12.CC1(C)OB(c2ccc(-c3cccc4ccccc34)cc2)OC1(C)C.c1ccc2c(-c3ccc(-c4c5ccccc5cc5ccccc45)cc3)cccc2c1. The van der Waals surface area contributed by atoms with Gasteiger partial charge < -0.3 is 9.31 Å². The second-order valence-electron chi connectivity index (χ2n) is 19.2. The molecule has 1 aliphatic heterocycles. The molecule has 0 atom stereocenters. The number of fused-ring (bicyclic) bond motifs is 6. The topological polar surface area (TPSA) is 18.5 Å². The predicted octanol–water partition coefficient (Wildman–Crippen LogP) is 18.0. The van der Waals surface area contributed by atoms with Crippen molar-refractivity contribution in [3.05, 3.63) is 247 Å². The van der Waals surface area contributed by atoms with Crippen LogP contribution in [0.5, 0.6) is 0 Å². The van der Waals surface area contributed by atoms with Gasteiger partial charge in [-0.05, 0) is 159 Å². The highest BCUT2D eigenvalue weighted by Gasteiger charge is 2.51. The standard InChI is InChI=1S/C30H20.C22H23BO2.C14H9Br/c1-4-12-26-21(8-1)11-7-15-27(26)22-16-18-23(19-17-22)30-28-13-5-2-9-24(28)20-25-10-3-6-14-29(25)30;1-21(2)22(3,4)25-23(24-21)18-14-12-17(13-15-18)20-11-7-9-16-8-5-6-10-19(16)20;15-14-12-7-3-1-5-10(12)9-11-6-2-4-8-13(11)14/h1-20H;5-15H,1-4H3;1-9H. The third-order valence-corrected chi connectivity index (χ3v) is 15.1. The van der Waals surface area contributed by atoms with Gasteiger partial charge >= 0.3 is 7.12 Å². The van der Waals surface area contributed by atoms with Crippen LogP contribution in [0.1, 0.15) is 27.7 Å². The van der Waals surface area contributed by atoms with Crippen LogP contribution in [-0.4, -0.2) is 18.3 Å². The summed E-state index contributed by atoms with van der Waals surface area (Å²) < 4.78 is 13.5. The number of hydrogen-bond donors (Lipinski definition) is 0. The van der Waals surface area contributed by atoms with Gasteiger partial charge in [-0.25, -0.2) is 0 Å². The zero-order chi connectivity index (χ0) is 47.8. The minimum atomic E-state index is -0.314. The van der Waals surface area contributed by atoms with Gasteiger partial charge in [-0.15, -0.1) is 0 Å². The molecule has 13 rings (SSSR count). The Morgan fingerprint density at radius 1 is 0.314 bits per heavy atom. The monoisotopic (exact) mass is 966 g/mol. The lowest BCUT2D eigenvalue weighted by atomic mass is 9.78. The lowest BCUT2D eigenvalue weighted by Crippen LogP contribution is -2.41. The summed E-state index contributed by atoms with van der Waals surface area (Å²) in [7, 11) is -0.313. The maximum atomic E-state index is 6.14. The van der Waals surface area contributed by atoms with Gasteiger partial charge in [-0.1, -0.05) is 231 Å². The van der Waals surface area contributed by atoms with Crippen molar-refractivity contribution in [2.75, 3.05) is 0 Å². The van der Waals surface area contributed by atoms with Crippen molar-refractivity contribution in [3.8, 4) is 33.4 Å². The van der Waals surface area contributed by atoms with Gasteiger partial charge in [-0.2, -0.15) is 0 Å². The van der Waals surface area contributed by atoms with Crippen molar-refractivity contribution in [2.45, 2.75) is 38.9 Å². The van der Waals surface area contributed by atoms with Crippen molar-refractivity contribution in [3.63, 3.8) is 0 Å². The quantitative estimate of drug-likeness (QED) is 0.129. The van der Waals surface area contributed by atoms with Crippen molar-refractivity contribution in [1.29, 1.82) is 0 Å². The fraction of sp³-hybridized carbons (Fsp3) is 0.0909. The first kappa shape index (κ1) is 45.1. The average molecular weight is 968 g/mol. The fourth-order valence-corrected chi connectivity index (χ4v) is 10.6. The molecule has 12 aromatic rings. The van der Waals surface area contributed by atoms with Crippen LogP contribution in [0.4, 0.5) is 0 Å². The van der Waals surface area contributed by atoms with Crippen molar-refractivity contribution < 1.29 is 9.31 Å². The van der Waals surface area contributed by atoms with Crippen LogP contribution >= 0.6 is 15.9 Å². The van der Waals surface area contributed by atoms with E-state index in [-0.39, 0.29) is 18.3 Å². The maximum Gasteiger partial charge on any atom is 0.494 e. The first-order valence-corrected chi connectivity index (χ1v) is 24.9. The molecule has 12 aromatic carbocycles. The van der Waals surface area contributed by atoms with Crippen LogP contribution in [0, 0.1) is 0 Å². The molecule has 0 amide bonds. The molecule has 0 N–H and O–H groups in total. The highest BCUT2D eigenvalue weighted by molar-refractivity contribution is 9.10. The van der Waals surface area contributed by atoms with Crippen LogP contribution in [-0.2, 0) is 9.31 Å². The molecule has 0 aliphatic carbocycles. The van der Waals surface area contributed by atoms with Crippen LogP contribution in [0.2, 0.25) is 0 Å². The van der Waals surface area contributed by atoms with Crippen molar-refractivity contribution in [2.24, 2.45) is 0 Å². The van der Waals surface area contributed by atoms with Gasteiger partial charge in [-0.3, -0.25) is 0 Å². The van der Waals surface area contributed by atoms with Gasteiger partial charge in [0.05, 0.1) is 11.2 Å². The van der Waals surface area contributed by atoms with E-state index in [0.29, 0.717) is 0 Å². The summed E-state index contributed by atoms with van der Waals surface area (Å²) in [4.78, 5) is 0. The van der Waals surface area contributed by atoms with Crippen LogP contribution in [0.25, 0.3) is 98.0 Å². The first-order chi connectivity index (χ1) is 34.1. The molecule has 1 saturated heterocycles. The molecule has 0 bridgehead atoms. The zero-order valence-corrected chi connectivity index (χ0v) is 41.5. The van der Waals surface area contributed by atoms with Gasteiger partial charge in [0.2, 0.25) is 0 Å². The smallest absolute Gasteiger partial charge is 0.399 e. The summed E-state index contributed by atoms with van der Waals surface area (Å²) in [6.45, 7) is 8.32. The Balaban J connectivity index is 0.000000120. The van der Waals surface area contributed by atoms with E-state index in [4.69, 9.17) is 9.31 Å². The molecule has 1 heterocycles. The maximum absolute atomic E-state index is 6.14. The molecular weight excluding hydrogens is 915 g/mol. The number of halogens is 1. The van der Waals surface area contributed by atoms with E-state index in [0.717, 1.165) is 5.46 Å². The van der Waals surface area contributed by atoms with Gasteiger partial charge in [0, 0.05) is 4.47 Å². The second kappa shape index (κ2) is 18.9. The summed E-state index contributed by atoms with van der Waals surface area (Å²) in [5.41, 5.74) is 7.98. The number of hydrogen-bond acceptors (Lipinski definition) is 2. The largest absolute Gasteiger partial charge is 0.494 e. The van der Waals surface area contributed by atoms with E-state index >= 15 is 0 Å². The van der Waals surface area contributed by atoms with E-state index in [1.165, 1.54) is 102 Å². The van der Waals surface area contributed by atoms with E-state index in [1.807, 2.05) is 0 Å². The van der Waals surface area contributed by atoms with E-state index < -0.39 is 0 Å². The molecular formula is C66H52BBrO2. The summed E-state index contributed by atoms with van der Waals surface area (Å²) in [6, 6.07) is 86.4. The minimum Gasteiger partial charge on any atom is -0.399 e. The highest BCUT2D eigenvalue weighted by atomic mass is 79.9. The third kappa shape index (κ3) is 8.69. The minimum absolute atomic E-state index is 0.313. The van der Waals surface area contributed by atoms with Gasteiger partial charge in [0.1, 0.15) is 0 Å². The van der Waals surface area contributed by atoms with E-state index in [1.54, 1.807) is 0 Å².